The molecule has 0 unspecified atom stereocenters. The molecular weight excluding hydrogens is 393 g/mol. The van der Waals surface area contributed by atoms with Crippen LogP contribution in [0.1, 0.15) is 11.1 Å². The number of benzene rings is 2. The zero-order chi connectivity index (χ0) is 21.0. The van der Waals surface area contributed by atoms with E-state index in [0.29, 0.717) is 13.1 Å². The molecular formula is C21H27FN3O3S+. The number of carbonyl (C=O) groups is 1. The minimum absolute atomic E-state index is 0.0926. The third kappa shape index (κ3) is 5.20. The van der Waals surface area contributed by atoms with Crippen molar-refractivity contribution < 1.29 is 22.5 Å². The van der Waals surface area contributed by atoms with Crippen molar-refractivity contribution in [3.63, 3.8) is 0 Å². The molecule has 1 saturated heterocycles. The molecule has 0 saturated carbocycles. The Morgan fingerprint density at radius 1 is 1.10 bits per heavy atom. The quantitative estimate of drug-likeness (QED) is 0.748. The van der Waals surface area contributed by atoms with Gasteiger partial charge in [0.15, 0.2) is 0 Å². The van der Waals surface area contributed by atoms with Crippen LogP contribution < -0.4 is 4.90 Å². The van der Waals surface area contributed by atoms with Gasteiger partial charge >= 0.3 is 0 Å². The summed E-state index contributed by atoms with van der Waals surface area (Å²) in [6.07, 6.45) is 0. The monoisotopic (exact) mass is 420 g/mol. The number of nitrogens with zero attached hydrogens (tertiary/aromatic N) is 2. The predicted octanol–water partition coefficient (Wildman–Crippen LogP) is 0.682. The topological polar surface area (TPSA) is 62.1 Å². The second kappa shape index (κ2) is 9.02. The first-order valence-corrected chi connectivity index (χ1v) is 11.1. The molecule has 0 aliphatic carbocycles. The highest BCUT2D eigenvalue weighted by Crippen LogP contribution is 2.20. The molecule has 2 aromatic rings. The van der Waals surface area contributed by atoms with Crippen LogP contribution in [0.3, 0.4) is 0 Å². The van der Waals surface area contributed by atoms with E-state index in [4.69, 9.17) is 0 Å². The zero-order valence-corrected chi connectivity index (χ0v) is 17.6. The lowest BCUT2D eigenvalue weighted by Crippen LogP contribution is -3.12. The number of rotatable bonds is 6. The largest absolute Gasteiger partial charge is 0.334 e. The molecule has 1 aliphatic heterocycles. The fourth-order valence-electron chi connectivity index (χ4n) is 3.29. The molecule has 1 heterocycles. The van der Waals surface area contributed by atoms with Crippen LogP contribution in [0.5, 0.6) is 0 Å². The van der Waals surface area contributed by atoms with Crippen molar-refractivity contribution in [1.29, 1.82) is 0 Å². The summed E-state index contributed by atoms with van der Waals surface area (Å²) in [5.41, 5.74) is 1.17. The van der Waals surface area contributed by atoms with E-state index in [0.717, 1.165) is 23.0 Å². The molecule has 2 aromatic carbocycles. The number of hydrogen-bond acceptors (Lipinski definition) is 3. The van der Waals surface area contributed by atoms with Crippen molar-refractivity contribution >= 4 is 15.9 Å². The summed E-state index contributed by atoms with van der Waals surface area (Å²) < 4.78 is 41.8. The summed E-state index contributed by atoms with van der Waals surface area (Å²) in [6.45, 7) is 4.17. The first-order valence-electron chi connectivity index (χ1n) is 9.66. The number of piperazine rings is 1. The van der Waals surface area contributed by atoms with E-state index in [9.17, 15) is 17.6 Å². The van der Waals surface area contributed by atoms with Gasteiger partial charge in [-0.15, -0.1) is 0 Å². The molecule has 29 heavy (non-hydrogen) atoms. The summed E-state index contributed by atoms with van der Waals surface area (Å²) in [4.78, 5) is 16.0. The first-order chi connectivity index (χ1) is 13.8. The van der Waals surface area contributed by atoms with E-state index in [1.54, 1.807) is 29.2 Å². The highest BCUT2D eigenvalue weighted by Gasteiger charge is 2.30. The van der Waals surface area contributed by atoms with Crippen LogP contribution in [-0.4, -0.2) is 63.3 Å². The van der Waals surface area contributed by atoms with Crippen LogP contribution in [0.15, 0.2) is 53.4 Å². The fourth-order valence-corrected chi connectivity index (χ4v) is 4.66. The van der Waals surface area contributed by atoms with E-state index < -0.39 is 15.8 Å². The normalized spacial score (nSPS) is 15.7. The number of quaternary nitrogens is 1. The maximum absolute atomic E-state index is 14.2. The lowest BCUT2D eigenvalue weighted by atomic mass is 10.2. The highest BCUT2D eigenvalue weighted by atomic mass is 32.2. The maximum Gasteiger partial charge on any atom is 0.243 e. The Morgan fingerprint density at radius 2 is 1.72 bits per heavy atom. The molecule has 1 aliphatic rings. The minimum Gasteiger partial charge on any atom is -0.334 e. The van der Waals surface area contributed by atoms with Gasteiger partial charge < -0.3 is 9.80 Å². The first kappa shape index (κ1) is 21.4. The van der Waals surface area contributed by atoms with Gasteiger partial charge in [-0.25, -0.2) is 12.8 Å². The number of aryl methyl sites for hydroxylation is 1. The van der Waals surface area contributed by atoms with Crippen molar-refractivity contribution in [1.82, 2.24) is 9.21 Å². The van der Waals surface area contributed by atoms with Crippen molar-refractivity contribution in [3.8, 4) is 0 Å². The van der Waals surface area contributed by atoms with E-state index in [1.807, 2.05) is 6.92 Å². The number of halogens is 1. The number of likely N-dealkylation sites (N-methyl/N-ethyl adjacent to an activating group) is 1. The molecule has 8 heteroatoms. The number of carbonyl (C=O) groups excluding carboxylic acids is 1. The van der Waals surface area contributed by atoms with Crippen LogP contribution in [0.2, 0.25) is 0 Å². The van der Waals surface area contributed by atoms with E-state index >= 15 is 0 Å². The summed E-state index contributed by atoms with van der Waals surface area (Å²) >= 11 is 0. The average Bonchev–Trinajstić information content (AvgIpc) is 2.70. The minimum atomic E-state index is -3.96. The van der Waals surface area contributed by atoms with Gasteiger partial charge in [0.25, 0.3) is 0 Å². The van der Waals surface area contributed by atoms with Crippen LogP contribution in [0, 0.1) is 12.7 Å². The molecule has 156 valence electrons. The Labute approximate surface area is 171 Å². The molecule has 0 radical (unpaired) electrons. The number of nitrogens with one attached hydrogen (secondary N) is 1. The van der Waals surface area contributed by atoms with Crippen LogP contribution in [0.4, 0.5) is 4.39 Å². The van der Waals surface area contributed by atoms with Crippen molar-refractivity contribution in [2.24, 2.45) is 0 Å². The Morgan fingerprint density at radius 3 is 2.34 bits per heavy atom. The molecule has 0 atom stereocenters. The number of hydrogen-bond donors (Lipinski definition) is 1. The van der Waals surface area contributed by atoms with Crippen molar-refractivity contribution in [2.75, 3.05) is 39.8 Å². The molecule has 6 nitrogen and oxygen atoms in total. The van der Waals surface area contributed by atoms with Crippen molar-refractivity contribution in [3.05, 3.63) is 65.5 Å². The zero-order valence-electron chi connectivity index (χ0n) is 16.8. The van der Waals surface area contributed by atoms with Gasteiger partial charge in [0.05, 0.1) is 44.7 Å². The third-order valence-electron chi connectivity index (χ3n) is 5.24. The second-order valence-corrected chi connectivity index (χ2v) is 9.45. The molecule has 3 rings (SSSR count). The molecule has 1 amide bonds. The summed E-state index contributed by atoms with van der Waals surface area (Å²) in [5.74, 6) is -0.753. The SMILES string of the molecule is Cc1ccc(S(=O)(=O)N(CC(=O)N2CC[NH+](C)CC2)Cc2ccccc2F)cc1. The Hall–Kier alpha value is -2.29. The summed E-state index contributed by atoms with van der Waals surface area (Å²) in [6, 6.07) is 12.5. The Balaban J connectivity index is 1.88. The lowest BCUT2D eigenvalue weighted by molar-refractivity contribution is -0.883. The summed E-state index contributed by atoms with van der Waals surface area (Å²) in [7, 11) is -1.90. The second-order valence-electron chi connectivity index (χ2n) is 7.52. The van der Waals surface area contributed by atoms with Gasteiger partial charge in [0.2, 0.25) is 15.9 Å². The predicted molar refractivity (Wildman–Crippen MR) is 108 cm³/mol. The van der Waals surface area contributed by atoms with E-state index in [-0.39, 0.29) is 29.5 Å². The van der Waals surface area contributed by atoms with Gasteiger partial charge in [-0.1, -0.05) is 35.9 Å². The van der Waals surface area contributed by atoms with Gasteiger partial charge in [0, 0.05) is 12.1 Å². The Bertz CT molecular complexity index is 955. The smallest absolute Gasteiger partial charge is 0.243 e. The van der Waals surface area contributed by atoms with Gasteiger partial charge in [-0.3, -0.25) is 4.79 Å². The van der Waals surface area contributed by atoms with Gasteiger partial charge in [0.1, 0.15) is 5.82 Å². The Kier molecular flexibility index (Phi) is 6.66. The lowest BCUT2D eigenvalue weighted by Gasteiger charge is -2.32. The third-order valence-corrected chi connectivity index (χ3v) is 7.05. The standard InChI is InChI=1S/C21H26FN3O3S/c1-17-7-9-19(10-8-17)29(27,28)25(15-18-5-3-4-6-20(18)22)16-21(26)24-13-11-23(2)12-14-24/h3-10H,11-16H2,1-2H3/p+1. The van der Waals surface area contributed by atoms with E-state index in [2.05, 4.69) is 7.05 Å². The van der Waals surface area contributed by atoms with Gasteiger partial charge in [-0.2, -0.15) is 4.31 Å². The molecule has 0 aromatic heterocycles. The highest BCUT2D eigenvalue weighted by molar-refractivity contribution is 7.89. The number of amides is 1. The van der Waals surface area contributed by atoms with Crippen LogP contribution in [-0.2, 0) is 21.4 Å². The fraction of sp³-hybridized carbons (Fsp3) is 0.381. The number of sulfonamides is 1. The molecule has 1 fully saturated rings. The van der Waals surface area contributed by atoms with E-state index in [1.165, 1.54) is 29.2 Å². The maximum atomic E-state index is 14.2. The molecule has 0 bridgehead atoms. The average molecular weight is 421 g/mol. The van der Waals surface area contributed by atoms with Crippen LogP contribution in [0.25, 0.3) is 0 Å². The molecule has 1 N–H and O–H groups in total. The van der Waals surface area contributed by atoms with Crippen molar-refractivity contribution in [2.45, 2.75) is 18.4 Å². The molecule has 0 spiro atoms. The summed E-state index contributed by atoms with van der Waals surface area (Å²) in [5, 5.41) is 0. The van der Waals surface area contributed by atoms with Gasteiger partial charge in [-0.05, 0) is 25.1 Å². The van der Waals surface area contributed by atoms with Crippen LogP contribution >= 0.6 is 0 Å².